The summed E-state index contributed by atoms with van der Waals surface area (Å²) in [6.45, 7) is 4.40. The van der Waals surface area contributed by atoms with Gasteiger partial charge < -0.3 is 20.5 Å². The first-order valence-corrected chi connectivity index (χ1v) is 10.5. The summed E-state index contributed by atoms with van der Waals surface area (Å²) >= 11 is 0. The fourth-order valence-electron chi connectivity index (χ4n) is 4.28. The maximum Gasteiger partial charge on any atom is 0.337 e. The van der Waals surface area contributed by atoms with Crippen LogP contribution in [0.1, 0.15) is 54.1 Å². The summed E-state index contributed by atoms with van der Waals surface area (Å²) in [7, 11) is 0. The number of nitrogens with zero attached hydrogens (tertiary/aromatic N) is 1. The minimum Gasteiger partial charge on any atom is -0.478 e. The lowest BCUT2D eigenvalue weighted by Gasteiger charge is -2.34. The highest BCUT2D eigenvalue weighted by Gasteiger charge is 2.39. The second kappa shape index (κ2) is 8.41. The van der Waals surface area contributed by atoms with E-state index in [0.29, 0.717) is 18.2 Å². The zero-order valence-corrected chi connectivity index (χ0v) is 17.7. The molecule has 0 bridgehead atoms. The number of aryl methyl sites for hydroxylation is 1. The van der Waals surface area contributed by atoms with Gasteiger partial charge in [0.15, 0.2) is 0 Å². The van der Waals surface area contributed by atoms with E-state index in [2.05, 4.69) is 27.8 Å². The van der Waals surface area contributed by atoms with Crippen LogP contribution >= 0.6 is 0 Å². The lowest BCUT2D eigenvalue weighted by Crippen LogP contribution is -2.43. The molecule has 4 rings (SSSR count). The highest BCUT2D eigenvalue weighted by atomic mass is 16.5. The first kappa shape index (κ1) is 20.9. The maximum atomic E-state index is 12.1. The number of benzene rings is 1. The lowest BCUT2D eigenvalue weighted by molar-refractivity contribution is -0.149. The average molecular weight is 421 g/mol. The van der Waals surface area contributed by atoms with Crippen LogP contribution in [0.2, 0.25) is 0 Å². The summed E-state index contributed by atoms with van der Waals surface area (Å²) in [5, 5.41) is 16.1. The van der Waals surface area contributed by atoms with E-state index in [1.54, 1.807) is 6.20 Å². The number of anilines is 2. The van der Waals surface area contributed by atoms with Crippen LogP contribution in [0.25, 0.3) is 0 Å². The molecule has 0 saturated heterocycles. The van der Waals surface area contributed by atoms with Gasteiger partial charge in [-0.05, 0) is 68.5 Å². The molecule has 162 valence electrons. The van der Waals surface area contributed by atoms with Crippen molar-refractivity contribution in [2.75, 3.05) is 17.2 Å². The summed E-state index contributed by atoms with van der Waals surface area (Å²) in [5.41, 5.74) is 3.66. The van der Waals surface area contributed by atoms with Gasteiger partial charge in [0.05, 0.1) is 35.2 Å². The number of rotatable bonds is 6. The SMILES string of the molecule is CC1(C)C(=O)OC=C[C@H]1Nc1ccc2c(c1)CCC[C@H]2CNc1cnccc1C(=O)O. The van der Waals surface area contributed by atoms with Gasteiger partial charge in [-0.2, -0.15) is 0 Å². The van der Waals surface area contributed by atoms with Crippen LogP contribution in [0.4, 0.5) is 11.4 Å². The van der Waals surface area contributed by atoms with Crippen molar-refractivity contribution >= 4 is 23.3 Å². The number of esters is 1. The van der Waals surface area contributed by atoms with E-state index in [9.17, 15) is 14.7 Å². The third-order valence-electron chi connectivity index (χ3n) is 6.24. The van der Waals surface area contributed by atoms with E-state index in [1.807, 2.05) is 26.0 Å². The standard InChI is InChI=1S/C24H27N3O4/c1-24(2)21(9-11-31-23(24)30)27-17-6-7-18-15(12-17)4-3-5-16(18)13-26-20-14-25-10-8-19(20)22(28)29/h6-12,14,16,21,26-27H,3-5,13H2,1-2H3,(H,28,29)/t16-,21+/m0/s1. The molecule has 0 fully saturated rings. The number of aromatic carboxylic acids is 1. The van der Waals surface area contributed by atoms with Gasteiger partial charge in [-0.1, -0.05) is 6.07 Å². The molecule has 1 aliphatic carbocycles. The normalized spacial score (nSPS) is 21.7. The Hall–Kier alpha value is -3.35. The van der Waals surface area contributed by atoms with E-state index in [4.69, 9.17) is 4.74 Å². The van der Waals surface area contributed by atoms with Gasteiger partial charge in [-0.3, -0.25) is 9.78 Å². The summed E-state index contributed by atoms with van der Waals surface area (Å²) in [6.07, 6.45) is 9.49. The van der Waals surface area contributed by atoms with Gasteiger partial charge in [0.25, 0.3) is 0 Å². The minimum absolute atomic E-state index is 0.145. The first-order chi connectivity index (χ1) is 14.9. The zero-order valence-electron chi connectivity index (χ0n) is 17.7. The Balaban J connectivity index is 1.49. The van der Waals surface area contributed by atoms with Crippen molar-refractivity contribution in [3.05, 3.63) is 65.7 Å². The molecule has 2 heterocycles. The Morgan fingerprint density at radius 2 is 2.16 bits per heavy atom. The number of ether oxygens (including phenoxy) is 1. The van der Waals surface area contributed by atoms with Gasteiger partial charge in [0.1, 0.15) is 0 Å². The van der Waals surface area contributed by atoms with Gasteiger partial charge in [0.2, 0.25) is 0 Å². The van der Waals surface area contributed by atoms with Gasteiger partial charge >= 0.3 is 11.9 Å². The van der Waals surface area contributed by atoms with Crippen molar-refractivity contribution in [1.82, 2.24) is 4.98 Å². The number of hydrogen-bond acceptors (Lipinski definition) is 6. The monoisotopic (exact) mass is 421 g/mol. The summed E-state index contributed by atoms with van der Waals surface area (Å²) in [5.74, 6) is -0.915. The third-order valence-corrected chi connectivity index (χ3v) is 6.24. The summed E-state index contributed by atoms with van der Waals surface area (Å²) < 4.78 is 5.04. The molecule has 0 saturated carbocycles. The Labute approximate surface area is 181 Å². The quantitative estimate of drug-likeness (QED) is 0.601. The fourth-order valence-corrected chi connectivity index (χ4v) is 4.28. The van der Waals surface area contributed by atoms with Gasteiger partial charge in [0, 0.05) is 24.3 Å². The molecule has 0 amide bonds. The second-order valence-corrected chi connectivity index (χ2v) is 8.69. The molecule has 3 N–H and O–H groups in total. The number of carbonyl (C=O) groups excluding carboxylic acids is 1. The molecule has 0 unspecified atom stereocenters. The molecule has 7 nitrogen and oxygen atoms in total. The predicted octanol–water partition coefficient (Wildman–Crippen LogP) is 4.19. The number of hydrogen-bond donors (Lipinski definition) is 3. The predicted molar refractivity (Wildman–Crippen MR) is 118 cm³/mol. The highest BCUT2D eigenvalue weighted by Crippen LogP contribution is 2.35. The van der Waals surface area contributed by atoms with Crippen LogP contribution in [-0.4, -0.2) is 34.6 Å². The lowest BCUT2D eigenvalue weighted by atomic mass is 9.81. The highest BCUT2D eigenvalue weighted by molar-refractivity contribution is 5.93. The third kappa shape index (κ3) is 4.26. The number of pyridine rings is 1. The Morgan fingerprint density at radius 1 is 1.32 bits per heavy atom. The van der Waals surface area contributed by atoms with Crippen LogP contribution in [0, 0.1) is 5.41 Å². The number of nitrogens with one attached hydrogen (secondary N) is 2. The van der Waals surface area contributed by atoms with Crippen LogP contribution in [0.15, 0.2) is 49.0 Å². The molecule has 0 spiro atoms. The van der Waals surface area contributed by atoms with Crippen molar-refractivity contribution in [3.8, 4) is 0 Å². The van der Waals surface area contributed by atoms with Crippen molar-refractivity contribution in [2.45, 2.75) is 45.1 Å². The molecule has 0 radical (unpaired) electrons. The van der Waals surface area contributed by atoms with Crippen molar-refractivity contribution in [2.24, 2.45) is 5.41 Å². The van der Waals surface area contributed by atoms with Crippen molar-refractivity contribution in [3.63, 3.8) is 0 Å². The van der Waals surface area contributed by atoms with E-state index < -0.39 is 11.4 Å². The van der Waals surface area contributed by atoms with E-state index >= 15 is 0 Å². The number of fused-ring (bicyclic) bond motifs is 1. The number of carboxylic acid groups (broad SMARTS) is 1. The minimum atomic E-state index is -0.965. The van der Waals surface area contributed by atoms with E-state index in [1.165, 1.54) is 29.7 Å². The molecule has 7 heteroatoms. The van der Waals surface area contributed by atoms with Crippen LogP contribution < -0.4 is 10.6 Å². The Kier molecular flexibility index (Phi) is 5.67. The molecular formula is C24H27N3O4. The number of carboxylic acids is 1. The van der Waals surface area contributed by atoms with Crippen LogP contribution in [0.5, 0.6) is 0 Å². The Bertz CT molecular complexity index is 1030. The second-order valence-electron chi connectivity index (χ2n) is 8.69. The summed E-state index contributed by atoms with van der Waals surface area (Å²) in [4.78, 5) is 27.6. The smallest absolute Gasteiger partial charge is 0.337 e. The number of aromatic nitrogens is 1. The molecule has 2 aromatic rings. The average Bonchev–Trinajstić information content (AvgIpc) is 2.75. The molecule has 1 aliphatic heterocycles. The molecule has 2 atom stereocenters. The maximum absolute atomic E-state index is 12.1. The summed E-state index contributed by atoms with van der Waals surface area (Å²) in [6, 6.07) is 7.72. The van der Waals surface area contributed by atoms with Crippen LogP contribution in [-0.2, 0) is 16.0 Å². The molecule has 2 aliphatic rings. The molecule has 1 aromatic carbocycles. The molecule has 31 heavy (non-hydrogen) atoms. The molecular weight excluding hydrogens is 394 g/mol. The fraction of sp³-hybridized carbons (Fsp3) is 0.375. The number of cyclic esters (lactones) is 1. The topological polar surface area (TPSA) is 101 Å². The van der Waals surface area contributed by atoms with Crippen molar-refractivity contribution in [1.29, 1.82) is 0 Å². The zero-order chi connectivity index (χ0) is 22.0. The van der Waals surface area contributed by atoms with E-state index in [-0.39, 0.29) is 17.6 Å². The van der Waals surface area contributed by atoms with Gasteiger partial charge in [-0.25, -0.2) is 4.79 Å². The van der Waals surface area contributed by atoms with Crippen molar-refractivity contribution < 1.29 is 19.4 Å². The number of carbonyl (C=O) groups is 2. The van der Waals surface area contributed by atoms with Crippen LogP contribution in [0.3, 0.4) is 0 Å². The molecule has 1 aromatic heterocycles. The largest absolute Gasteiger partial charge is 0.478 e. The first-order valence-electron chi connectivity index (χ1n) is 10.5. The van der Waals surface area contributed by atoms with E-state index in [0.717, 1.165) is 24.9 Å². The van der Waals surface area contributed by atoms with Gasteiger partial charge in [-0.15, -0.1) is 0 Å². The Morgan fingerprint density at radius 3 is 2.97 bits per heavy atom.